The molecular formula is C11H19N3. The molecule has 0 bridgehead atoms. The summed E-state index contributed by atoms with van der Waals surface area (Å²) >= 11 is 0. The highest BCUT2D eigenvalue weighted by Gasteiger charge is 2.30. The minimum Gasteiger partial charge on any atom is -0.314 e. The van der Waals surface area contributed by atoms with Crippen LogP contribution in [0.4, 0.5) is 0 Å². The minimum absolute atomic E-state index is 0.194. The zero-order chi connectivity index (χ0) is 9.80. The lowest BCUT2D eigenvalue weighted by Gasteiger charge is -2.34. The fourth-order valence-electron chi connectivity index (χ4n) is 2.72. The van der Waals surface area contributed by atoms with Crippen molar-refractivity contribution in [3.63, 3.8) is 0 Å². The van der Waals surface area contributed by atoms with Gasteiger partial charge in [-0.05, 0) is 18.8 Å². The SMILES string of the molecule is N#CC(C1CCCC1)N1CCNCC1. The zero-order valence-corrected chi connectivity index (χ0v) is 8.71. The Kier molecular flexibility index (Phi) is 3.39. The van der Waals surface area contributed by atoms with Gasteiger partial charge in [-0.3, -0.25) is 4.90 Å². The molecule has 2 aliphatic rings. The fourth-order valence-corrected chi connectivity index (χ4v) is 2.72. The molecule has 14 heavy (non-hydrogen) atoms. The lowest BCUT2D eigenvalue weighted by molar-refractivity contribution is 0.162. The van der Waals surface area contributed by atoms with E-state index in [0.29, 0.717) is 5.92 Å². The molecule has 0 aromatic heterocycles. The Hall–Kier alpha value is -0.590. The van der Waals surface area contributed by atoms with Crippen LogP contribution in [0.3, 0.4) is 0 Å². The molecule has 1 saturated heterocycles. The second-order valence-electron chi connectivity index (χ2n) is 4.40. The van der Waals surface area contributed by atoms with Crippen LogP contribution < -0.4 is 5.32 Å². The number of nitrogens with zero attached hydrogens (tertiary/aromatic N) is 2. The monoisotopic (exact) mass is 193 g/mol. The molecule has 1 heterocycles. The second-order valence-corrected chi connectivity index (χ2v) is 4.40. The fraction of sp³-hybridized carbons (Fsp3) is 0.909. The Morgan fingerprint density at radius 2 is 1.86 bits per heavy atom. The van der Waals surface area contributed by atoms with Crippen LogP contribution in [0.25, 0.3) is 0 Å². The van der Waals surface area contributed by atoms with Crippen LogP contribution in [0.5, 0.6) is 0 Å². The maximum absolute atomic E-state index is 9.23. The second kappa shape index (κ2) is 4.77. The van der Waals surface area contributed by atoms with Crippen molar-refractivity contribution >= 4 is 0 Å². The zero-order valence-electron chi connectivity index (χ0n) is 8.71. The van der Waals surface area contributed by atoms with Crippen LogP contribution in [0.2, 0.25) is 0 Å². The molecule has 0 radical (unpaired) electrons. The molecular weight excluding hydrogens is 174 g/mol. The van der Waals surface area contributed by atoms with Crippen LogP contribution in [-0.4, -0.2) is 37.1 Å². The number of hydrogen-bond donors (Lipinski definition) is 1. The molecule has 1 N–H and O–H groups in total. The van der Waals surface area contributed by atoms with Gasteiger partial charge >= 0.3 is 0 Å². The van der Waals surface area contributed by atoms with Crippen molar-refractivity contribution in [2.75, 3.05) is 26.2 Å². The van der Waals surface area contributed by atoms with Gasteiger partial charge in [-0.25, -0.2) is 0 Å². The summed E-state index contributed by atoms with van der Waals surface area (Å²) in [6.07, 6.45) is 5.19. The Labute approximate surface area is 86.1 Å². The van der Waals surface area contributed by atoms with Gasteiger partial charge in [-0.2, -0.15) is 5.26 Å². The molecule has 78 valence electrons. The lowest BCUT2D eigenvalue weighted by atomic mass is 9.97. The number of piperazine rings is 1. The molecule has 1 saturated carbocycles. The van der Waals surface area contributed by atoms with Gasteiger partial charge in [0.05, 0.1) is 6.07 Å². The standard InChI is InChI=1S/C11H19N3/c12-9-11(10-3-1-2-4-10)14-7-5-13-6-8-14/h10-11,13H,1-8H2. The summed E-state index contributed by atoms with van der Waals surface area (Å²) in [7, 11) is 0. The van der Waals surface area contributed by atoms with E-state index in [9.17, 15) is 5.26 Å². The molecule has 3 heteroatoms. The lowest BCUT2D eigenvalue weighted by Crippen LogP contribution is -2.50. The number of nitrogens with one attached hydrogen (secondary N) is 1. The average molecular weight is 193 g/mol. The molecule has 0 aromatic carbocycles. The third-order valence-electron chi connectivity index (χ3n) is 3.52. The van der Waals surface area contributed by atoms with Gasteiger partial charge in [-0.15, -0.1) is 0 Å². The van der Waals surface area contributed by atoms with Gasteiger partial charge in [-0.1, -0.05) is 12.8 Å². The largest absolute Gasteiger partial charge is 0.314 e. The van der Waals surface area contributed by atoms with Gasteiger partial charge in [0.1, 0.15) is 6.04 Å². The molecule has 2 fully saturated rings. The van der Waals surface area contributed by atoms with E-state index < -0.39 is 0 Å². The topological polar surface area (TPSA) is 39.1 Å². The summed E-state index contributed by atoms with van der Waals surface area (Å²) in [6.45, 7) is 4.19. The summed E-state index contributed by atoms with van der Waals surface area (Å²) in [6, 6.07) is 2.71. The summed E-state index contributed by atoms with van der Waals surface area (Å²) < 4.78 is 0. The quantitative estimate of drug-likeness (QED) is 0.710. The van der Waals surface area contributed by atoms with Crippen LogP contribution >= 0.6 is 0 Å². The average Bonchev–Trinajstić information content (AvgIpc) is 2.74. The number of rotatable bonds is 2. The maximum atomic E-state index is 9.23. The third kappa shape index (κ3) is 2.08. The molecule has 1 aliphatic heterocycles. The number of nitriles is 1. The third-order valence-corrected chi connectivity index (χ3v) is 3.52. The molecule has 0 spiro atoms. The van der Waals surface area contributed by atoms with Crippen LogP contribution in [-0.2, 0) is 0 Å². The van der Waals surface area contributed by atoms with Crippen molar-refractivity contribution in [2.45, 2.75) is 31.7 Å². The van der Waals surface area contributed by atoms with E-state index in [1.807, 2.05) is 0 Å². The Bertz CT molecular complexity index is 209. The first kappa shape index (κ1) is 9.95. The first-order chi connectivity index (χ1) is 6.92. The Morgan fingerprint density at radius 1 is 1.21 bits per heavy atom. The highest BCUT2D eigenvalue weighted by Crippen LogP contribution is 2.30. The van der Waals surface area contributed by atoms with Crippen molar-refractivity contribution in [1.29, 1.82) is 5.26 Å². The van der Waals surface area contributed by atoms with E-state index in [0.717, 1.165) is 26.2 Å². The molecule has 3 nitrogen and oxygen atoms in total. The van der Waals surface area contributed by atoms with Gasteiger partial charge in [0.2, 0.25) is 0 Å². The van der Waals surface area contributed by atoms with Crippen LogP contribution in [0.1, 0.15) is 25.7 Å². The molecule has 2 rings (SSSR count). The van der Waals surface area contributed by atoms with E-state index in [1.165, 1.54) is 25.7 Å². The van der Waals surface area contributed by atoms with Gasteiger partial charge in [0.25, 0.3) is 0 Å². The van der Waals surface area contributed by atoms with Gasteiger partial charge in [0, 0.05) is 26.2 Å². The molecule has 1 atom stereocenters. The highest BCUT2D eigenvalue weighted by atomic mass is 15.2. The van der Waals surface area contributed by atoms with Crippen molar-refractivity contribution < 1.29 is 0 Å². The van der Waals surface area contributed by atoms with Gasteiger partial charge in [0.15, 0.2) is 0 Å². The summed E-state index contributed by atoms with van der Waals surface area (Å²) in [5.74, 6) is 0.651. The molecule has 1 unspecified atom stereocenters. The van der Waals surface area contributed by atoms with E-state index >= 15 is 0 Å². The van der Waals surface area contributed by atoms with E-state index in [4.69, 9.17) is 0 Å². The molecule has 0 amide bonds. The van der Waals surface area contributed by atoms with Crippen molar-refractivity contribution in [3.05, 3.63) is 0 Å². The van der Waals surface area contributed by atoms with Crippen molar-refractivity contribution in [3.8, 4) is 6.07 Å². The molecule has 1 aliphatic carbocycles. The first-order valence-corrected chi connectivity index (χ1v) is 5.76. The van der Waals surface area contributed by atoms with Crippen LogP contribution in [0.15, 0.2) is 0 Å². The number of hydrogen-bond acceptors (Lipinski definition) is 3. The van der Waals surface area contributed by atoms with Crippen molar-refractivity contribution in [1.82, 2.24) is 10.2 Å². The van der Waals surface area contributed by atoms with Crippen molar-refractivity contribution in [2.24, 2.45) is 5.92 Å². The Morgan fingerprint density at radius 3 is 2.43 bits per heavy atom. The van der Waals surface area contributed by atoms with E-state index in [2.05, 4.69) is 16.3 Å². The Balaban J connectivity index is 1.93. The predicted octanol–water partition coefficient (Wildman–Crippen LogP) is 0.974. The van der Waals surface area contributed by atoms with Crippen LogP contribution in [0, 0.1) is 17.2 Å². The normalized spacial score (nSPS) is 27.4. The highest BCUT2D eigenvalue weighted by molar-refractivity contribution is 4.99. The smallest absolute Gasteiger partial charge is 0.101 e. The summed E-state index contributed by atoms with van der Waals surface area (Å²) in [5, 5.41) is 12.6. The maximum Gasteiger partial charge on any atom is 0.101 e. The van der Waals surface area contributed by atoms with E-state index in [-0.39, 0.29) is 6.04 Å². The summed E-state index contributed by atoms with van der Waals surface area (Å²) in [5.41, 5.74) is 0. The van der Waals surface area contributed by atoms with Gasteiger partial charge < -0.3 is 5.32 Å². The first-order valence-electron chi connectivity index (χ1n) is 5.76. The minimum atomic E-state index is 0.194. The predicted molar refractivity (Wildman–Crippen MR) is 55.8 cm³/mol. The molecule has 0 aromatic rings. The summed E-state index contributed by atoms with van der Waals surface area (Å²) in [4.78, 5) is 2.37. The van der Waals surface area contributed by atoms with E-state index in [1.54, 1.807) is 0 Å².